The molecule has 0 bridgehead atoms. The first kappa shape index (κ1) is 24.1. The second-order valence-corrected chi connectivity index (χ2v) is 8.29. The number of morpholine rings is 1. The first-order chi connectivity index (χ1) is 16.4. The molecule has 1 amide bonds. The third kappa shape index (κ3) is 6.28. The zero-order valence-corrected chi connectivity index (χ0v) is 18.7. The maximum absolute atomic E-state index is 13.0. The van der Waals surface area contributed by atoms with Crippen molar-refractivity contribution in [3.8, 4) is 11.3 Å². The Balaban J connectivity index is 1.53. The number of halogens is 3. The number of quaternary nitrogens is 1. The fourth-order valence-electron chi connectivity index (χ4n) is 4.05. The Kier molecular flexibility index (Phi) is 7.72. The summed E-state index contributed by atoms with van der Waals surface area (Å²) in [5, 5.41) is 1.23. The average Bonchev–Trinajstić information content (AvgIpc) is 2.85. The molecule has 8 heteroatoms. The van der Waals surface area contributed by atoms with Gasteiger partial charge in [0.25, 0.3) is 0 Å². The number of primary amides is 1. The van der Waals surface area contributed by atoms with Crippen molar-refractivity contribution >= 4 is 11.6 Å². The third-order valence-electron chi connectivity index (χ3n) is 5.83. The average molecular weight is 471 g/mol. The van der Waals surface area contributed by atoms with E-state index in [1.165, 1.54) is 23.6 Å². The minimum atomic E-state index is -4.46. The SMILES string of the molecule is O=C([NH2+]c1cccc(C(F)(F)F)c1)c1cnc(-c2ccccc2)c(CCCN2CCOCC2)c1. The van der Waals surface area contributed by atoms with Crippen molar-refractivity contribution < 1.29 is 28.0 Å². The van der Waals surface area contributed by atoms with Gasteiger partial charge in [0.05, 0.1) is 30.0 Å². The minimum Gasteiger partial charge on any atom is -0.379 e. The summed E-state index contributed by atoms with van der Waals surface area (Å²) in [6.45, 7) is 4.23. The highest BCUT2D eigenvalue weighted by Crippen LogP contribution is 2.30. The molecule has 1 aliphatic heterocycles. The molecule has 0 saturated carbocycles. The molecule has 2 heterocycles. The molecule has 1 aromatic heterocycles. The highest BCUT2D eigenvalue weighted by molar-refractivity contribution is 5.88. The predicted molar refractivity (Wildman–Crippen MR) is 123 cm³/mol. The predicted octanol–water partition coefficient (Wildman–Crippen LogP) is 4.07. The summed E-state index contributed by atoms with van der Waals surface area (Å²) in [6, 6.07) is 16.3. The summed E-state index contributed by atoms with van der Waals surface area (Å²) in [6.07, 6.45) is -1.32. The summed E-state index contributed by atoms with van der Waals surface area (Å²) in [5.74, 6) is -0.374. The molecule has 0 aliphatic carbocycles. The van der Waals surface area contributed by atoms with Crippen LogP contribution in [0.3, 0.4) is 0 Å². The molecular formula is C26H27F3N3O2+. The Morgan fingerprint density at radius 1 is 1.03 bits per heavy atom. The maximum Gasteiger partial charge on any atom is 0.416 e. The second-order valence-electron chi connectivity index (χ2n) is 8.29. The maximum atomic E-state index is 13.0. The molecule has 5 nitrogen and oxygen atoms in total. The molecule has 1 fully saturated rings. The fraction of sp³-hybridized carbons (Fsp3) is 0.308. The molecule has 0 atom stereocenters. The summed E-state index contributed by atoms with van der Waals surface area (Å²) in [7, 11) is 0. The van der Waals surface area contributed by atoms with Crippen molar-refractivity contribution in [2.24, 2.45) is 0 Å². The Morgan fingerprint density at radius 2 is 1.79 bits per heavy atom. The Labute approximate surface area is 196 Å². The van der Waals surface area contributed by atoms with Crippen LogP contribution in [0.2, 0.25) is 0 Å². The lowest BCUT2D eigenvalue weighted by atomic mass is 10.00. The minimum absolute atomic E-state index is 0.209. The van der Waals surface area contributed by atoms with E-state index in [4.69, 9.17) is 4.74 Å². The van der Waals surface area contributed by atoms with Gasteiger partial charge in [0.15, 0.2) is 0 Å². The van der Waals surface area contributed by atoms with Crippen molar-refractivity contribution in [2.75, 3.05) is 32.8 Å². The molecule has 3 aromatic rings. The van der Waals surface area contributed by atoms with E-state index < -0.39 is 11.7 Å². The number of hydrogen-bond acceptors (Lipinski definition) is 4. The number of benzene rings is 2. The molecule has 0 spiro atoms. The van der Waals surface area contributed by atoms with E-state index in [1.807, 2.05) is 36.4 Å². The van der Waals surface area contributed by atoms with Crippen molar-refractivity contribution in [3.05, 3.63) is 83.6 Å². The standard InChI is InChI=1S/C26H26F3N3O2/c27-26(28,29)22-9-4-10-23(17-22)31-25(33)21-16-20(8-5-11-32-12-14-34-15-13-32)24(30-18-21)19-6-2-1-3-7-19/h1-4,6-7,9-10,16-18H,5,8,11-15H2,(H,31,33)/p+1. The number of ether oxygens (including phenoxy) is 1. The second kappa shape index (κ2) is 10.9. The number of carbonyl (C=O) groups excluding carboxylic acids is 1. The van der Waals surface area contributed by atoms with Gasteiger partial charge in [-0.25, -0.2) is 10.1 Å². The van der Waals surface area contributed by atoms with Crippen LogP contribution in [0.5, 0.6) is 0 Å². The van der Waals surface area contributed by atoms with E-state index in [-0.39, 0.29) is 11.6 Å². The van der Waals surface area contributed by atoms with Gasteiger partial charge in [-0.15, -0.1) is 0 Å². The third-order valence-corrected chi connectivity index (χ3v) is 5.83. The molecule has 1 aliphatic rings. The number of nitrogens with zero attached hydrogens (tertiary/aromatic N) is 2. The van der Waals surface area contributed by atoms with Crippen LogP contribution >= 0.6 is 0 Å². The van der Waals surface area contributed by atoms with Gasteiger partial charge in [-0.1, -0.05) is 36.4 Å². The van der Waals surface area contributed by atoms with Gasteiger partial charge in [-0.3, -0.25) is 9.88 Å². The molecule has 178 valence electrons. The monoisotopic (exact) mass is 470 g/mol. The molecule has 2 aromatic carbocycles. The lowest BCUT2D eigenvalue weighted by Crippen LogP contribution is -2.82. The lowest BCUT2D eigenvalue weighted by molar-refractivity contribution is -0.464. The van der Waals surface area contributed by atoms with Crippen LogP contribution in [0.1, 0.15) is 27.9 Å². The van der Waals surface area contributed by atoms with E-state index in [1.54, 1.807) is 0 Å². The van der Waals surface area contributed by atoms with E-state index in [0.717, 1.165) is 74.6 Å². The van der Waals surface area contributed by atoms with Crippen molar-refractivity contribution in [3.63, 3.8) is 0 Å². The van der Waals surface area contributed by atoms with Crippen molar-refractivity contribution in [2.45, 2.75) is 19.0 Å². The van der Waals surface area contributed by atoms with Gasteiger partial charge >= 0.3 is 12.1 Å². The van der Waals surface area contributed by atoms with E-state index in [9.17, 15) is 18.0 Å². The Morgan fingerprint density at radius 3 is 2.53 bits per heavy atom. The van der Waals surface area contributed by atoms with Crippen molar-refractivity contribution in [1.82, 2.24) is 9.88 Å². The lowest BCUT2D eigenvalue weighted by Gasteiger charge is -2.26. The molecule has 0 unspecified atom stereocenters. The molecule has 1 saturated heterocycles. The quantitative estimate of drug-likeness (QED) is 0.529. The topological polar surface area (TPSA) is 59.0 Å². The number of carbonyl (C=O) groups is 1. The number of pyridine rings is 1. The fourth-order valence-corrected chi connectivity index (χ4v) is 4.05. The van der Waals surface area contributed by atoms with Crippen LogP contribution in [0, 0.1) is 0 Å². The van der Waals surface area contributed by atoms with Crippen LogP contribution in [0.4, 0.5) is 18.9 Å². The highest BCUT2D eigenvalue weighted by Gasteiger charge is 2.31. The number of hydrogen-bond donors (Lipinski definition) is 1. The number of amides is 1. The van der Waals surface area contributed by atoms with E-state index in [2.05, 4.69) is 9.88 Å². The van der Waals surface area contributed by atoms with Crippen LogP contribution < -0.4 is 5.32 Å². The summed E-state index contributed by atoms with van der Waals surface area (Å²) in [4.78, 5) is 19.8. The number of aromatic nitrogens is 1. The van der Waals surface area contributed by atoms with Gasteiger partial charge in [-0.2, -0.15) is 13.2 Å². The molecular weight excluding hydrogens is 443 g/mol. The van der Waals surface area contributed by atoms with Gasteiger partial charge in [-0.05, 0) is 43.1 Å². The number of rotatable bonds is 7. The van der Waals surface area contributed by atoms with Crippen LogP contribution in [0.25, 0.3) is 11.3 Å². The molecule has 34 heavy (non-hydrogen) atoms. The highest BCUT2D eigenvalue weighted by atomic mass is 19.4. The van der Waals surface area contributed by atoms with Gasteiger partial charge in [0.1, 0.15) is 5.69 Å². The van der Waals surface area contributed by atoms with E-state index >= 15 is 0 Å². The zero-order valence-electron chi connectivity index (χ0n) is 18.7. The van der Waals surface area contributed by atoms with Crippen LogP contribution in [-0.4, -0.2) is 48.6 Å². The number of nitrogens with two attached hydrogens (primary N) is 1. The van der Waals surface area contributed by atoms with Gasteiger partial charge in [0.2, 0.25) is 0 Å². The normalized spacial score (nSPS) is 14.8. The number of alkyl halides is 3. The molecule has 2 N–H and O–H groups in total. The summed E-state index contributed by atoms with van der Waals surface area (Å²) < 4.78 is 44.5. The smallest absolute Gasteiger partial charge is 0.379 e. The van der Waals surface area contributed by atoms with Gasteiger partial charge in [0, 0.05) is 30.9 Å². The zero-order chi connectivity index (χ0) is 24.0. The van der Waals surface area contributed by atoms with Crippen LogP contribution in [0.15, 0.2) is 66.9 Å². The molecule has 4 rings (SSSR count). The molecule has 0 radical (unpaired) electrons. The Bertz CT molecular complexity index is 1110. The van der Waals surface area contributed by atoms with Gasteiger partial charge < -0.3 is 4.74 Å². The number of aryl methyl sites for hydroxylation is 1. The van der Waals surface area contributed by atoms with Crippen LogP contribution in [-0.2, 0) is 17.3 Å². The van der Waals surface area contributed by atoms with E-state index in [0.29, 0.717) is 5.56 Å². The largest absolute Gasteiger partial charge is 0.416 e. The summed E-state index contributed by atoms with van der Waals surface area (Å²) in [5.41, 5.74) is 2.51. The first-order valence-electron chi connectivity index (χ1n) is 11.3. The Hall–Kier alpha value is -3.07. The summed E-state index contributed by atoms with van der Waals surface area (Å²) >= 11 is 0. The van der Waals surface area contributed by atoms with Crippen molar-refractivity contribution in [1.29, 1.82) is 0 Å². The first-order valence-corrected chi connectivity index (χ1v) is 11.3.